The van der Waals surface area contributed by atoms with Gasteiger partial charge in [-0.3, -0.25) is 9.67 Å². The third kappa shape index (κ3) is 5.93. The van der Waals surface area contributed by atoms with Crippen molar-refractivity contribution >= 4 is 29.9 Å². The van der Waals surface area contributed by atoms with Gasteiger partial charge in [0, 0.05) is 39.9 Å². The lowest BCUT2D eigenvalue weighted by molar-refractivity contribution is 0.319. The molecule has 0 bridgehead atoms. The van der Waals surface area contributed by atoms with Crippen LogP contribution in [0.1, 0.15) is 45.1 Å². The van der Waals surface area contributed by atoms with E-state index in [0.29, 0.717) is 0 Å². The quantitative estimate of drug-likeness (QED) is 0.302. The maximum atomic E-state index is 4.48. The standard InChI is InChI=1S/C18H33N5.HI/c1-5-16(6-2)17-9-11-23(14-17)18(19-3)20-10-7-8-15-12-21-22(4)13-15;/h12-13,16-17H,5-11,14H2,1-4H3,(H,19,20);1H. The first-order chi connectivity index (χ1) is 11.2. The Labute approximate surface area is 164 Å². The zero-order valence-corrected chi connectivity index (χ0v) is 18.0. The van der Waals surface area contributed by atoms with Gasteiger partial charge in [-0.05, 0) is 36.7 Å². The molecule has 1 saturated heterocycles. The van der Waals surface area contributed by atoms with Crippen molar-refractivity contribution in [2.24, 2.45) is 23.9 Å². The second-order valence-corrected chi connectivity index (χ2v) is 6.67. The maximum Gasteiger partial charge on any atom is 0.193 e. The average Bonchev–Trinajstić information content (AvgIpc) is 3.18. The Kier molecular flexibility index (Phi) is 9.69. The number of guanidine groups is 1. The van der Waals surface area contributed by atoms with Crippen LogP contribution in [0.2, 0.25) is 0 Å². The molecule has 0 spiro atoms. The van der Waals surface area contributed by atoms with Gasteiger partial charge in [0.2, 0.25) is 0 Å². The van der Waals surface area contributed by atoms with Crippen LogP contribution in [-0.2, 0) is 13.5 Å². The van der Waals surface area contributed by atoms with Gasteiger partial charge in [-0.1, -0.05) is 26.7 Å². The molecule has 0 aliphatic carbocycles. The van der Waals surface area contributed by atoms with Gasteiger partial charge in [-0.15, -0.1) is 24.0 Å². The van der Waals surface area contributed by atoms with E-state index in [0.717, 1.165) is 50.3 Å². The van der Waals surface area contributed by atoms with Crippen molar-refractivity contribution in [2.75, 3.05) is 26.7 Å². The first kappa shape index (κ1) is 21.3. The predicted molar refractivity (Wildman–Crippen MR) is 112 cm³/mol. The topological polar surface area (TPSA) is 45.4 Å². The Bertz CT molecular complexity index is 495. The predicted octanol–water partition coefficient (Wildman–Crippen LogP) is 3.30. The summed E-state index contributed by atoms with van der Waals surface area (Å²) in [5.41, 5.74) is 1.30. The molecule has 1 fully saturated rings. The molecule has 1 unspecified atom stereocenters. The highest BCUT2D eigenvalue weighted by molar-refractivity contribution is 14.0. The van der Waals surface area contributed by atoms with E-state index in [1.807, 2.05) is 25.0 Å². The summed E-state index contributed by atoms with van der Waals surface area (Å²) in [6.45, 7) is 7.91. The van der Waals surface area contributed by atoms with Crippen LogP contribution in [0.4, 0.5) is 0 Å². The highest BCUT2D eigenvalue weighted by Crippen LogP contribution is 2.28. The molecule has 0 amide bonds. The molecule has 0 aromatic carbocycles. The van der Waals surface area contributed by atoms with Gasteiger partial charge in [0.1, 0.15) is 0 Å². The van der Waals surface area contributed by atoms with E-state index in [4.69, 9.17) is 0 Å². The summed E-state index contributed by atoms with van der Waals surface area (Å²) in [6.07, 6.45) is 10.1. The van der Waals surface area contributed by atoms with Crippen LogP contribution in [0.15, 0.2) is 17.4 Å². The molecule has 1 aromatic rings. The SMILES string of the molecule is CCC(CC)C1CCN(C(=NC)NCCCc2cnn(C)c2)C1.I. The lowest BCUT2D eigenvalue weighted by Crippen LogP contribution is -2.40. The Balaban J connectivity index is 0.00000288. The number of aryl methyl sites for hydroxylation is 2. The number of aromatic nitrogens is 2. The molecule has 24 heavy (non-hydrogen) atoms. The van der Waals surface area contributed by atoms with E-state index in [1.54, 1.807) is 0 Å². The number of nitrogens with one attached hydrogen (secondary N) is 1. The van der Waals surface area contributed by atoms with E-state index in [9.17, 15) is 0 Å². The van der Waals surface area contributed by atoms with Crippen LogP contribution in [0.25, 0.3) is 0 Å². The van der Waals surface area contributed by atoms with E-state index in [-0.39, 0.29) is 24.0 Å². The van der Waals surface area contributed by atoms with Crippen molar-refractivity contribution in [2.45, 2.75) is 46.0 Å². The molecule has 1 aromatic heterocycles. The van der Waals surface area contributed by atoms with Crippen LogP contribution in [0, 0.1) is 11.8 Å². The monoisotopic (exact) mass is 447 g/mol. The number of nitrogens with zero attached hydrogens (tertiary/aromatic N) is 4. The second kappa shape index (κ2) is 10.9. The summed E-state index contributed by atoms with van der Waals surface area (Å²) < 4.78 is 1.87. The third-order valence-corrected chi connectivity index (χ3v) is 5.14. The molecule has 2 rings (SSSR count). The molecule has 1 N–H and O–H groups in total. The van der Waals surface area contributed by atoms with Gasteiger partial charge in [-0.25, -0.2) is 0 Å². The molecule has 5 nitrogen and oxygen atoms in total. The third-order valence-electron chi connectivity index (χ3n) is 5.14. The van der Waals surface area contributed by atoms with Gasteiger partial charge in [0.25, 0.3) is 0 Å². The van der Waals surface area contributed by atoms with Gasteiger partial charge >= 0.3 is 0 Å². The van der Waals surface area contributed by atoms with Crippen molar-refractivity contribution in [3.63, 3.8) is 0 Å². The van der Waals surface area contributed by atoms with E-state index >= 15 is 0 Å². The van der Waals surface area contributed by atoms with Crippen LogP contribution in [0.5, 0.6) is 0 Å². The highest BCUT2D eigenvalue weighted by atomic mass is 127. The Morgan fingerprint density at radius 3 is 2.75 bits per heavy atom. The largest absolute Gasteiger partial charge is 0.356 e. The summed E-state index contributed by atoms with van der Waals surface area (Å²) >= 11 is 0. The zero-order chi connectivity index (χ0) is 16.7. The van der Waals surface area contributed by atoms with Crippen LogP contribution >= 0.6 is 24.0 Å². The first-order valence-electron chi connectivity index (χ1n) is 9.11. The normalized spacial score (nSPS) is 18.1. The van der Waals surface area contributed by atoms with Gasteiger partial charge in [0.15, 0.2) is 5.96 Å². The van der Waals surface area contributed by atoms with Gasteiger partial charge < -0.3 is 10.2 Å². The summed E-state index contributed by atoms with van der Waals surface area (Å²) in [7, 11) is 3.86. The van der Waals surface area contributed by atoms with Crippen molar-refractivity contribution in [1.29, 1.82) is 0 Å². The van der Waals surface area contributed by atoms with Gasteiger partial charge in [-0.2, -0.15) is 5.10 Å². The molecular formula is C18H34IN5. The number of halogens is 1. The number of rotatable bonds is 7. The fraction of sp³-hybridized carbons (Fsp3) is 0.778. The van der Waals surface area contributed by atoms with E-state index in [2.05, 4.69) is 40.4 Å². The van der Waals surface area contributed by atoms with Crippen molar-refractivity contribution in [3.8, 4) is 0 Å². The summed E-state index contributed by atoms with van der Waals surface area (Å²) in [6, 6.07) is 0. The number of likely N-dealkylation sites (tertiary alicyclic amines) is 1. The van der Waals surface area contributed by atoms with E-state index in [1.165, 1.54) is 24.8 Å². The second-order valence-electron chi connectivity index (χ2n) is 6.67. The Morgan fingerprint density at radius 2 is 2.17 bits per heavy atom. The number of hydrogen-bond acceptors (Lipinski definition) is 2. The number of aliphatic imine (C=N–C) groups is 1. The lowest BCUT2D eigenvalue weighted by Gasteiger charge is -2.24. The van der Waals surface area contributed by atoms with Crippen LogP contribution < -0.4 is 5.32 Å². The molecule has 0 saturated carbocycles. The van der Waals surface area contributed by atoms with Crippen molar-refractivity contribution in [3.05, 3.63) is 18.0 Å². The molecule has 1 aliphatic heterocycles. The minimum absolute atomic E-state index is 0. The number of hydrogen-bond donors (Lipinski definition) is 1. The summed E-state index contributed by atoms with van der Waals surface area (Å²) in [5, 5.41) is 7.75. The molecular weight excluding hydrogens is 413 g/mol. The Morgan fingerprint density at radius 1 is 1.42 bits per heavy atom. The average molecular weight is 447 g/mol. The molecule has 1 aliphatic rings. The molecule has 0 radical (unpaired) electrons. The fourth-order valence-electron chi connectivity index (χ4n) is 3.75. The fourth-order valence-corrected chi connectivity index (χ4v) is 3.75. The first-order valence-corrected chi connectivity index (χ1v) is 9.11. The van der Waals surface area contributed by atoms with E-state index < -0.39 is 0 Å². The maximum absolute atomic E-state index is 4.48. The minimum Gasteiger partial charge on any atom is -0.356 e. The smallest absolute Gasteiger partial charge is 0.193 e. The molecule has 1 atom stereocenters. The van der Waals surface area contributed by atoms with Gasteiger partial charge in [0.05, 0.1) is 6.20 Å². The Hall–Kier alpha value is -0.790. The molecule has 6 heteroatoms. The highest BCUT2D eigenvalue weighted by Gasteiger charge is 2.29. The summed E-state index contributed by atoms with van der Waals surface area (Å²) in [5.74, 6) is 2.77. The molecule has 2 heterocycles. The lowest BCUT2D eigenvalue weighted by atomic mass is 9.87. The molecule has 138 valence electrons. The minimum atomic E-state index is 0. The van der Waals surface area contributed by atoms with Crippen molar-refractivity contribution in [1.82, 2.24) is 20.0 Å². The van der Waals surface area contributed by atoms with Crippen LogP contribution in [0.3, 0.4) is 0 Å². The van der Waals surface area contributed by atoms with Crippen molar-refractivity contribution < 1.29 is 0 Å². The zero-order valence-electron chi connectivity index (χ0n) is 15.7. The van der Waals surface area contributed by atoms with Crippen LogP contribution in [-0.4, -0.2) is 47.3 Å². The summed E-state index contributed by atoms with van der Waals surface area (Å²) in [4.78, 5) is 6.92.